The topological polar surface area (TPSA) is 99.3 Å². The summed E-state index contributed by atoms with van der Waals surface area (Å²) < 4.78 is 52.2. The summed E-state index contributed by atoms with van der Waals surface area (Å²) >= 11 is 0. The van der Waals surface area contributed by atoms with Gasteiger partial charge >= 0.3 is 5.97 Å². The highest BCUT2D eigenvalue weighted by molar-refractivity contribution is 7.92. The number of hydrogen-bond donors (Lipinski definition) is 3. The van der Waals surface area contributed by atoms with Crippen molar-refractivity contribution in [2.75, 3.05) is 4.72 Å². The van der Waals surface area contributed by atoms with Gasteiger partial charge in [0.05, 0.1) is 0 Å². The molecule has 1 heterocycles. The Kier molecular flexibility index (Phi) is 3.45. The smallest absolute Gasteiger partial charge is 0.352 e. The van der Waals surface area contributed by atoms with Gasteiger partial charge in [-0.2, -0.15) is 0 Å². The van der Waals surface area contributed by atoms with E-state index in [9.17, 15) is 22.0 Å². The zero-order chi connectivity index (χ0) is 14.9. The number of nitrogens with one attached hydrogen (secondary N) is 2. The minimum atomic E-state index is -4.30. The molecular formula is C11H8F2N2O4S. The Labute approximate surface area is 112 Å². The second kappa shape index (κ2) is 4.93. The number of H-pyrrole nitrogens is 1. The van der Waals surface area contributed by atoms with Crippen molar-refractivity contribution in [2.24, 2.45) is 0 Å². The van der Waals surface area contributed by atoms with Gasteiger partial charge in [0.1, 0.15) is 27.9 Å². The van der Waals surface area contributed by atoms with Crippen LogP contribution in [0.25, 0.3) is 0 Å². The number of anilines is 1. The van der Waals surface area contributed by atoms with E-state index in [1.165, 1.54) is 0 Å². The van der Waals surface area contributed by atoms with E-state index in [1.807, 2.05) is 0 Å². The van der Waals surface area contributed by atoms with Gasteiger partial charge in [-0.25, -0.2) is 22.0 Å². The van der Waals surface area contributed by atoms with Crippen molar-refractivity contribution in [3.05, 3.63) is 47.8 Å². The molecule has 0 atom stereocenters. The number of sulfonamides is 1. The average Bonchev–Trinajstić information content (AvgIpc) is 2.84. The Balaban J connectivity index is 2.38. The number of carboxylic acid groups (broad SMARTS) is 1. The summed E-state index contributed by atoms with van der Waals surface area (Å²) in [6.45, 7) is 0. The minimum Gasteiger partial charge on any atom is -0.477 e. The second-order valence-electron chi connectivity index (χ2n) is 3.76. The van der Waals surface area contributed by atoms with Crippen LogP contribution in [0.3, 0.4) is 0 Å². The summed E-state index contributed by atoms with van der Waals surface area (Å²) in [5.74, 6) is -3.52. The number of halogens is 2. The number of carbonyl (C=O) groups is 1. The number of benzene rings is 1. The molecule has 3 N–H and O–H groups in total. The van der Waals surface area contributed by atoms with E-state index in [4.69, 9.17) is 5.11 Å². The molecule has 1 aromatic heterocycles. The monoisotopic (exact) mass is 302 g/mol. The molecule has 0 bridgehead atoms. The number of para-hydroxylation sites is 1. The second-order valence-corrected chi connectivity index (χ2v) is 5.44. The van der Waals surface area contributed by atoms with Crippen molar-refractivity contribution < 1.29 is 27.1 Å². The zero-order valence-corrected chi connectivity index (χ0v) is 10.5. The van der Waals surface area contributed by atoms with Crippen molar-refractivity contribution in [1.82, 2.24) is 4.98 Å². The van der Waals surface area contributed by atoms with Gasteiger partial charge in [-0.3, -0.25) is 4.72 Å². The molecule has 2 rings (SSSR count). The molecule has 1 aromatic carbocycles. The molecule has 6 nitrogen and oxygen atoms in total. The van der Waals surface area contributed by atoms with Gasteiger partial charge in [0, 0.05) is 6.20 Å². The van der Waals surface area contributed by atoms with Gasteiger partial charge in [0.25, 0.3) is 10.0 Å². The maximum absolute atomic E-state index is 13.4. The van der Waals surface area contributed by atoms with E-state index in [0.717, 1.165) is 30.5 Å². The first-order valence-electron chi connectivity index (χ1n) is 5.20. The van der Waals surface area contributed by atoms with Gasteiger partial charge in [-0.1, -0.05) is 6.07 Å². The largest absolute Gasteiger partial charge is 0.477 e. The molecule has 9 heteroatoms. The number of rotatable bonds is 4. The number of carboxylic acids is 1. The predicted molar refractivity (Wildman–Crippen MR) is 64.9 cm³/mol. The summed E-state index contributed by atoms with van der Waals surface area (Å²) in [4.78, 5) is 12.4. The zero-order valence-electron chi connectivity index (χ0n) is 9.72. The standard InChI is InChI=1S/C11H8F2N2O4S/c12-7-2-1-3-8(13)10(7)15-20(18,19)6-4-9(11(16)17)14-5-6/h1-5,14-15H,(H,16,17). The highest BCUT2D eigenvalue weighted by Crippen LogP contribution is 2.22. The third kappa shape index (κ3) is 2.62. The Bertz CT molecular complexity index is 750. The first kappa shape index (κ1) is 14.0. The van der Waals surface area contributed by atoms with Crippen molar-refractivity contribution in [3.63, 3.8) is 0 Å². The van der Waals surface area contributed by atoms with E-state index >= 15 is 0 Å². The Morgan fingerprint density at radius 3 is 2.35 bits per heavy atom. The number of hydrogen-bond acceptors (Lipinski definition) is 3. The Morgan fingerprint density at radius 2 is 1.85 bits per heavy atom. The molecule has 0 spiro atoms. The normalized spacial score (nSPS) is 11.3. The maximum atomic E-state index is 13.4. The fraction of sp³-hybridized carbons (Fsp3) is 0. The molecule has 0 radical (unpaired) electrons. The van der Waals surface area contributed by atoms with Crippen LogP contribution in [-0.2, 0) is 10.0 Å². The van der Waals surface area contributed by atoms with Crippen LogP contribution in [0.15, 0.2) is 35.4 Å². The van der Waals surface area contributed by atoms with E-state index in [1.54, 1.807) is 4.72 Å². The lowest BCUT2D eigenvalue weighted by Crippen LogP contribution is -2.14. The molecule has 0 aliphatic carbocycles. The average molecular weight is 302 g/mol. The third-order valence-electron chi connectivity index (χ3n) is 2.40. The van der Waals surface area contributed by atoms with Crippen LogP contribution in [-0.4, -0.2) is 24.5 Å². The van der Waals surface area contributed by atoms with Gasteiger partial charge in [0.15, 0.2) is 0 Å². The van der Waals surface area contributed by atoms with Crippen LogP contribution in [0, 0.1) is 11.6 Å². The summed E-state index contributed by atoms with van der Waals surface area (Å²) in [6, 6.07) is 3.70. The van der Waals surface area contributed by atoms with Crippen LogP contribution in [0.1, 0.15) is 10.5 Å². The number of aromatic nitrogens is 1. The highest BCUT2D eigenvalue weighted by atomic mass is 32.2. The molecule has 106 valence electrons. The number of aromatic amines is 1. The lowest BCUT2D eigenvalue weighted by molar-refractivity contribution is 0.0691. The van der Waals surface area contributed by atoms with Gasteiger partial charge in [-0.15, -0.1) is 0 Å². The van der Waals surface area contributed by atoms with Gasteiger partial charge in [-0.05, 0) is 18.2 Å². The summed E-state index contributed by atoms with van der Waals surface area (Å²) in [5, 5.41) is 8.68. The van der Waals surface area contributed by atoms with Crippen LogP contribution in [0.4, 0.5) is 14.5 Å². The van der Waals surface area contributed by atoms with E-state index in [2.05, 4.69) is 4.98 Å². The van der Waals surface area contributed by atoms with Crippen LogP contribution >= 0.6 is 0 Å². The SMILES string of the molecule is O=C(O)c1cc(S(=O)(=O)Nc2c(F)cccc2F)c[nH]1. The highest BCUT2D eigenvalue weighted by Gasteiger charge is 2.21. The summed E-state index contributed by atoms with van der Waals surface area (Å²) in [5.41, 5.74) is -1.19. The fourth-order valence-electron chi connectivity index (χ4n) is 1.44. The van der Waals surface area contributed by atoms with E-state index in [-0.39, 0.29) is 5.69 Å². The van der Waals surface area contributed by atoms with Crippen molar-refractivity contribution >= 4 is 21.7 Å². The molecule has 0 saturated carbocycles. The number of aromatic carboxylic acids is 1. The molecule has 0 aliphatic heterocycles. The minimum absolute atomic E-state index is 0.362. The molecule has 0 unspecified atom stereocenters. The maximum Gasteiger partial charge on any atom is 0.352 e. The lowest BCUT2D eigenvalue weighted by Gasteiger charge is -2.08. The molecular weight excluding hydrogens is 294 g/mol. The quantitative estimate of drug-likeness (QED) is 0.801. The molecule has 0 aliphatic rings. The van der Waals surface area contributed by atoms with E-state index in [0.29, 0.717) is 0 Å². The first-order valence-corrected chi connectivity index (χ1v) is 6.68. The Morgan fingerprint density at radius 1 is 1.25 bits per heavy atom. The summed E-state index contributed by atoms with van der Waals surface area (Å²) in [6.07, 6.45) is 0.907. The van der Waals surface area contributed by atoms with Crippen molar-refractivity contribution in [1.29, 1.82) is 0 Å². The van der Waals surface area contributed by atoms with E-state index < -0.39 is 38.2 Å². The molecule has 20 heavy (non-hydrogen) atoms. The summed E-state index contributed by atoms with van der Waals surface area (Å²) in [7, 11) is -4.30. The molecule has 0 saturated heterocycles. The van der Waals surface area contributed by atoms with Crippen LogP contribution in [0.5, 0.6) is 0 Å². The first-order chi connectivity index (χ1) is 9.31. The molecule has 2 aromatic rings. The van der Waals surface area contributed by atoms with Gasteiger partial charge < -0.3 is 10.1 Å². The van der Waals surface area contributed by atoms with Gasteiger partial charge in [0.2, 0.25) is 0 Å². The third-order valence-corrected chi connectivity index (χ3v) is 3.73. The molecule has 0 fully saturated rings. The van der Waals surface area contributed by atoms with Crippen molar-refractivity contribution in [2.45, 2.75) is 4.90 Å². The fourth-order valence-corrected chi connectivity index (χ4v) is 2.51. The van der Waals surface area contributed by atoms with Crippen LogP contribution < -0.4 is 4.72 Å². The lowest BCUT2D eigenvalue weighted by atomic mass is 10.3. The molecule has 0 amide bonds. The van der Waals surface area contributed by atoms with Crippen molar-refractivity contribution in [3.8, 4) is 0 Å². The Hall–Kier alpha value is -2.42. The van der Waals surface area contributed by atoms with Crippen LogP contribution in [0.2, 0.25) is 0 Å². The predicted octanol–water partition coefficient (Wildman–Crippen LogP) is 1.79.